The summed E-state index contributed by atoms with van der Waals surface area (Å²) >= 11 is 4.96. The second-order valence-electron chi connectivity index (χ2n) is 4.51. The molecular weight excluding hydrogens is 334 g/mol. The minimum atomic E-state index is 0.526. The number of thioether (sulfide) groups is 2. The predicted octanol–water partition coefficient (Wildman–Crippen LogP) is 3.86. The van der Waals surface area contributed by atoms with E-state index in [1.807, 2.05) is 24.3 Å². The number of nitrogens with zero attached hydrogens (tertiary/aromatic N) is 4. The van der Waals surface area contributed by atoms with Crippen molar-refractivity contribution in [2.75, 3.05) is 11.5 Å². The normalized spacial score (nSPS) is 11.1. The third-order valence-corrected chi connectivity index (χ3v) is 6.21. The van der Waals surface area contributed by atoms with Gasteiger partial charge in [0.05, 0.1) is 11.3 Å². The molecule has 2 heterocycles. The van der Waals surface area contributed by atoms with Crippen LogP contribution in [0.15, 0.2) is 32.9 Å². The number of para-hydroxylation sites is 1. The highest BCUT2D eigenvalue weighted by Crippen LogP contribution is 2.30. The average Bonchev–Trinajstić information content (AvgIpc) is 2.99. The summed E-state index contributed by atoms with van der Waals surface area (Å²) in [7, 11) is 0. The van der Waals surface area contributed by atoms with Crippen molar-refractivity contribution in [3.8, 4) is 0 Å². The topological polar surface area (TPSA) is 77.6 Å². The van der Waals surface area contributed by atoms with Gasteiger partial charge in [-0.3, -0.25) is 0 Å². The van der Waals surface area contributed by atoms with Gasteiger partial charge in [0.1, 0.15) is 11.6 Å². The molecular formula is C14H15N5S3. The Balaban J connectivity index is 1.69. The van der Waals surface area contributed by atoms with Crippen LogP contribution < -0.4 is 5.73 Å². The number of fused-ring (bicyclic) bond motifs is 1. The van der Waals surface area contributed by atoms with Gasteiger partial charge in [-0.1, -0.05) is 53.9 Å². The lowest BCUT2D eigenvalue weighted by Crippen LogP contribution is -1.99. The van der Waals surface area contributed by atoms with Crippen LogP contribution in [0.4, 0.5) is 5.82 Å². The smallest absolute Gasteiger partial charge is 0.175 e. The number of rotatable bonds is 6. The van der Waals surface area contributed by atoms with Crippen molar-refractivity contribution < 1.29 is 0 Å². The summed E-state index contributed by atoms with van der Waals surface area (Å²) in [6, 6.07) is 7.77. The number of anilines is 1. The van der Waals surface area contributed by atoms with Crippen molar-refractivity contribution in [2.45, 2.75) is 27.8 Å². The van der Waals surface area contributed by atoms with Gasteiger partial charge in [-0.15, -0.1) is 10.2 Å². The van der Waals surface area contributed by atoms with Gasteiger partial charge in [-0.25, -0.2) is 9.97 Å². The number of benzene rings is 1. The maximum absolute atomic E-state index is 6.00. The van der Waals surface area contributed by atoms with E-state index in [9.17, 15) is 0 Å². The zero-order valence-electron chi connectivity index (χ0n) is 12.0. The Morgan fingerprint density at radius 3 is 2.68 bits per heavy atom. The fraction of sp³-hybridized carbons (Fsp3) is 0.286. The van der Waals surface area contributed by atoms with E-state index in [4.69, 9.17) is 5.73 Å². The summed E-state index contributed by atoms with van der Waals surface area (Å²) in [5, 5.41) is 9.27. The first-order valence-electron chi connectivity index (χ1n) is 6.86. The van der Waals surface area contributed by atoms with Crippen LogP contribution in [0.2, 0.25) is 0 Å². The van der Waals surface area contributed by atoms with Crippen molar-refractivity contribution in [3.63, 3.8) is 0 Å². The van der Waals surface area contributed by atoms with Gasteiger partial charge in [0, 0.05) is 11.1 Å². The monoisotopic (exact) mass is 349 g/mol. The van der Waals surface area contributed by atoms with Crippen LogP contribution in [0.3, 0.4) is 0 Å². The number of nitrogens with two attached hydrogens (primary N) is 1. The van der Waals surface area contributed by atoms with Crippen molar-refractivity contribution in [2.24, 2.45) is 0 Å². The maximum Gasteiger partial charge on any atom is 0.175 e. The van der Waals surface area contributed by atoms with Crippen LogP contribution in [-0.4, -0.2) is 25.9 Å². The van der Waals surface area contributed by atoms with E-state index in [2.05, 4.69) is 27.1 Å². The van der Waals surface area contributed by atoms with Gasteiger partial charge in [-0.2, -0.15) is 0 Å². The summed E-state index contributed by atoms with van der Waals surface area (Å²) in [6.07, 6.45) is 1.14. The molecule has 22 heavy (non-hydrogen) atoms. The zero-order chi connectivity index (χ0) is 15.4. The number of aromatic nitrogens is 4. The first-order chi connectivity index (χ1) is 10.8. The fourth-order valence-corrected chi connectivity index (χ4v) is 4.65. The fourth-order valence-electron chi connectivity index (χ4n) is 1.85. The molecule has 0 fully saturated rings. The molecule has 0 radical (unpaired) electrons. The van der Waals surface area contributed by atoms with Crippen molar-refractivity contribution in [3.05, 3.63) is 30.1 Å². The van der Waals surface area contributed by atoms with Crippen LogP contribution in [-0.2, 0) is 5.75 Å². The molecule has 2 N–H and O–H groups in total. The van der Waals surface area contributed by atoms with Crippen LogP contribution in [0.1, 0.15) is 19.2 Å². The Labute approximate surface area is 141 Å². The zero-order valence-corrected chi connectivity index (χ0v) is 14.5. The van der Waals surface area contributed by atoms with E-state index in [-0.39, 0.29) is 0 Å². The highest BCUT2D eigenvalue weighted by atomic mass is 32.2. The average molecular weight is 350 g/mol. The number of hydrogen-bond donors (Lipinski definition) is 1. The van der Waals surface area contributed by atoms with E-state index in [1.165, 1.54) is 0 Å². The molecule has 0 unspecified atom stereocenters. The number of nitrogen functional groups attached to an aromatic ring is 1. The van der Waals surface area contributed by atoms with Crippen LogP contribution in [0.5, 0.6) is 0 Å². The molecule has 0 saturated carbocycles. The number of hydrogen-bond acceptors (Lipinski definition) is 8. The molecule has 114 valence electrons. The molecule has 0 saturated heterocycles. The van der Waals surface area contributed by atoms with Gasteiger partial charge < -0.3 is 5.73 Å². The summed E-state index contributed by atoms with van der Waals surface area (Å²) in [4.78, 5) is 8.92. The third-order valence-electron chi connectivity index (χ3n) is 2.82. The van der Waals surface area contributed by atoms with Crippen LogP contribution >= 0.6 is 34.9 Å². The van der Waals surface area contributed by atoms with Crippen molar-refractivity contribution >= 4 is 51.6 Å². The molecule has 0 bridgehead atoms. The SMILES string of the molecule is CCCSc1nnc(SCc2nc(N)c3ccccc3n2)s1. The maximum atomic E-state index is 6.00. The molecule has 8 heteroatoms. The Morgan fingerprint density at radius 2 is 1.86 bits per heavy atom. The second-order valence-corrected chi connectivity index (χ2v) is 8.06. The molecule has 1 aromatic carbocycles. The minimum Gasteiger partial charge on any atom is -0.383 e. The Hall–Kier alpha value is -1.38. The highest BCUT2D eigenvalue weighted by molar-refractivity contribution is 8.02. The summed E-state index contributed by atoms with van der Waals surface area (Å²) in [5.41, 5.74) is 6.87. The van der Waals surface area contributed by atoms with Gasteiger partial charge in [0.25, 0.3) is 0 Å². The lowest BCUT2D eigenvalue weighted by molar-refractivity contribution is 0.951. The molecule has 0 aliphatic carbocycles. The second kappa shape index (κ2) is 7.26. The molecule has 0 aliphatic rings. The first-order valence-corrected chi connectivity index (χ1v) is 9.65. The summed E-state index contributed by atoms with van der Waals surface area (Å²) in [6.45, 7) is 2.16. The molecule has 0 atom stereocenters. The summed E-state index contributed by atoms with van der Waals surface area (Å²) in [5.74, 6) is 2.96. The molecule has 5 nitrogen and oxygen atoms in total. The lowest BCUT2D eigenvalue weighted by Gasteiger charge is -2.03. The van der Waals surface area contributed by atoms with Crippen molar-refractivity contribution in [1.29, 1.82) is 0 Å². The van der Waals surface area contributed by atoms with Crippen molar-refractivity contribution in [1.82, 2.24) is 20.2 Å². The van der Waals surface area contributed by atoms with Crippen LogP contribution in [0.25, 0.3) is 10.9 Å². The van der Waals surface area contributed by atoms with E-state index in [0.29, 0.717) is 11.6 Å². The van der Waals surface area contributed by atoms with Gasteiger partial charge in [0.2, 0.25) is 0 Å². The third kappa shape index (κ3) is 3.68. The molecule has 2 aromatic heterocycles. The molecule has 0 aliphatic heterocycles. The molecule has 3 aromatic rings. The first kappa shape index (κ1) is 15.5. The molecule has 0 spiro atoms. The Morgan fingerprint density at radius 1 is 1.09 bits per heavy atom. The lowest BCUT2D eigenvalue weighted by atomic mass is 10.2. The van der Waals surface area contributed by atoms with E-state index >= 15 is 0 Å². The van der Waals surface area contributed by atoms with E-state index in [0.717, 1.165) is 37.6 Å². The largest absolute Gasteiger partial charge is 0.383 e. The quantitative estimate of drug-likeness (QED) is 0.677. The highest BCUT2D eigenvalue weighted by Gasteiger charge is 2.09. The van der Waals surface area contributed by atoms with Crippen LogP contribution in [0, 0.1) is 0 Å². The summed E-state index contributed by atoms with van der Waals surface area (Å²) < 4.78 is 1.96. The van der Waals surface area contributed by atoms with Gasteiger partial charge >= 0.3 is 0 Å². The molecule has 3 rings (SSSR count). The Bertz CT molecular complexity index is 774. The van der Waals surface area contributed by atoms with Gasteiger partial charge in [-0.05, 0) is 18.6 Å². The van der Waals surface area contributed by atoms with E-state index in [1.54, 1.807) is 34.9 Å². The van der Waals surface area contributed by atoms with Gasteiger partial charge in [0.15, 0.2) is 8.68 Å². The molecule has 0 amide bonds. The Kier molecular flexibility index (Phi) is 5.12. The van der Waals surface area contributed by atoms with E-state index < -0.39 is 0 Å². The minimum absolute atomic E-state index is 0.526. The standard InChI is InChI=1S/C14H15N5S3/c1-2-7-20-13-18-19-14(22-13)21-8-11-16-10-6-4-3-5-9(10)12(15)17-11/h3-6H,2,7-8H2,1H3,(H2,15,16,17). The predicted molar refractivity (Wildman–Crippen MR) is 94.4 cm³/mol.